The Morgan fingerprint density at radius 1 is 1.19 bits per heavy atom. The van der Waals surface area contributed by atoms with Gasteiger partial charge in [0.15, 0.2) is 5.65 Å². The van der Waals surface area contributed by atoms with E-state index >= 15 is 0 Å². The molecule has 6 rings (SSSR count). The maximum atomic E-state index is 14.3. The number of piperidine rings is 1. The average Bonchev–Trinajstić information content (AvgIpc) is 3.50. The van der Waals surface area contributed by atoms with Gasteiger partial charge in [0.05, 0.1) is 29.8 Å². The lowest BCUT2D eigenvalue weighted by molar-refractivity contribution is 0.0600. The minimum Gasteiger partial charge on any atom is -0.390 e. The van der Waals surface area contributed by atoms with E-state index in [9.17, 15) is 19.6 Å². The minimum absolute atomic E-state index is 0.188. The first-order valence-corrected chi connectivity index (χ1v) is 12.5. The molecule has 3 atom stereocenters. The van der Waals surface area contributed by atoms with Crippen LogP contribution in [0.5, 0.6) is 0 Å². The summed E-state index contributed by atoms with van der Waals surface area (Å²) in [5.74, 6) is -0.427. The van der Waals surface area contributed by atoms with Gasteiger partial charge in [-0.25, -0.2) is 18.9 Å². The van der Waals surface area contributed by atoms with Crippen LogP contribution in [0.1, 0.15) is 47.1 Å². The Hall–Kier alpha value is -4.10. The molecule has 0 spiro atoms. The Morgan fingerprint density at radius 3 is 2.86 bits per heavy atom. The number of benzene rings is 1. The molecule has 0 aliphatic carbocycles. The number of likely N-dealkylation sites (tertiary alicyclic amines) is 1. The number of carbonyl (C=O) groups is 1. The van der Waals surface area contributed by atoms with E-state index < -0.39 is 17.8 Å². The third kappa shape index (κ3) is 4.05. The van der Waals surface area contributed by atoms with Crippen LogP contribution in [0.4, 0.5) is 10.2 Å². The molecule has 1 amide bonds. The number of para-hydroxylation sites is 1. The first-order chi connectivity index (χ1) is 17.9. The van der Waals surface area contributed by atoms with E-state index in [-0.39, 0.29) is 23.2 Å². The van der Waals surface area contributed by atoms with Crippen molar-refractivity contribution >= 4 is 28.3 Å². The van der Waals surface area contributed by atoms with Crippen LogP contribution in [0.25, 0.3) is 16.6 Å². The number of nitrogens with zero attached hydrogens (tertiary/aromatic N) is 7. The van der Waals surface area contributed by atoms with Crippen molar-refractivity contribution in [1.82, 2.24) is 24.5 Å². The summed E-state index contributed by atoms with van der Waals surface area (Å²) in [5, 5.41) is 24.9. The van der Waals surface area contributed by atoms with Crippen molar-refractivity contribution in [3.8, 4) is 6.07 Å². The van der Waals surface area contributed by atoms with E-state index in [1.807, 2.05) is 24.1 Å². The number of fused-ring (bicyclic) bond motifs is 2. The van der Waals surface area contributed by atoms with E-state index in [1.54, 1.807) is 33.7 Å². The maximum Gasteiger partial charge on any atom is 0.273 e. The summed E-state index contributed by atoms with van der Waals surface area (Å²) in [4.78, 5) is 26.4. The fourth-order valence-electron chi connectivity index (χ4n) is 5.45. The van der Waals surface area contributed by atoms with Gasteiger partial charge >= 0.3 is 0 Å². The number of aliphatic hydroxyl groups excluding tert-OH is 1. The van der Waals surface area contributed by atoms with E-state index in [1.165, 1.54) is 6.07 Å². The lowest BCUT2D eigenvalue weighted by atomic mass is 9.98. The largest absolute Gasteiger partial charge is 0.390 e. The molecule has 4 aromatic rings. The average molecular weight is 500 g/mol. The molecule has 3 unspecified atom stereocenters. The van der Waals surface area contributed by atoms with Crippen LogP contribution in [0.3, 0.4) is 0 Å². The van der Waals surface area contributed by atoms with Gasteiger partial charge in [-0.3, -0.25) is 4.79 Å². The smallest absolute Gasteiger partial charge is 0.273 e. The number of hydrogen-bond acceptors (Lipinski definition) is 7. The molecule has 0 bridgehead atoms. The number of aryl methyl sites for hydroxylation is 1. The molecule has 188 valence electrons. The first kappa shape index (κ1) is 23.3. The van der Waals surface area contributed by atoms with Crippen molar-refractivity contribution in [2.24, 2.45) is 5.92 Å². The van der Waals surface area contributed by atoms with Crippen molar-refractivity contribution < 1.29 is 14.3 Å². The fraction of sp³-hybridized carbons (Fsp3) is 0.370. The lowest BCUT2D eigenvalue weighted by Gasteiger charge is -2.34. The number of hydrogen-bond donors (Lipinski definition) is 1. The Labute approximate surface area is 212 Å². The molecule has 2 aliphatic rings. The van der Waals surface area contributed by atoms with Gasteiger partial charge in [-0.05, 0) is 38.3 Å². The normalized spacial score (nSPS) is 22.1. The topological polar surface area (TPSA) is 111 Å². The zero-order chi connectivity index (χ0) is 25.7. The number of nitriles is 1. The summed E-state index contributed by atoms with van der Waals surface area (Å²) in [6, 6.07) is 11.9. The molecule has 37 heavy (non-hydrogen) atoms. The second kappa shape index (κ2) is 9.09. The van der Waals surface area contributed by atoms with E-state index in [2.05, 4.69) is 11.1 Å². The van der Waals surface area contributed by atoms with Gasteiger partial charge in [-0.15, -0.1) is 0 Å². The molecule has 2 fully saturated rings. The molecule has 1 aromatic carbocycles. The number of amides is 1. The lowest BCUT2D eigenvalue weighted by Crippen LogP contribution is -2.39. The highest BCUT2D eigenvalue weighted by Gasteiger charge is 2.34. The predicted molar refractivity (Wildman–Crippen MR) is 134 cm³/mol. The monoisotopic (exact) mass is 499 g/mol. The highest BCUT2D eigenvalue weighted by molar-refractivity contribution is 5.95. The van der Waals surface area contributed by atoms with Crippen LogP contribution in [0.15, 0.2) is 42.6 Å². The van der Waals surface area contributed by atoms with Crippen LogP contribution in [0.2, 0.25) is 0 Å². The van der Waals surface area contributed by atoms with Gasteiger partial charge < -0.3 is 14.9 Å². The predicted octanol–water partition coefficient (Wildman–Crippen LogP) is 3.41. The van der Waals surface area contributed by atoms with Crippen LogP contribution in [-0.2, 0) is 0 Å². The molecular formula is C27H26FN7O2. The highest BCUT2D eigenvalue weighted by Crippen LogP contribution is 2.33. The third-order valence-corrected chi connectivity index (χ3v) is 7.37. The Balaban J connectivity index is 1.32. The molecule has 2 saturated heterocycles. The second-order valence-corrected chi connectivity index (χ2v) is 9.85. The number of halogens is 1. The first-order valence-electron chi connectivity index (χ1n) is 12.5. The summed E-state index contributed by atoms with van der Waals surface area (Å²) >= 11 is 0. The molecule has 3 aromatic heterocycles. The van der Waals surface area contributed by atoms with Gasteiger partial charge in [-0.2, -0.15) is 10.4 Å². The summed E-state index contributed by atoms with van der Waals surface area (Å²) in [7, 11) is 0. The molecule has 10 heteroatoms. The van der Waals surface area contributed by atoms with Crippen LogP contribution in [0, 0.1) is 30.0 Å². The summed E-state index contributed by atoms with van der Waals surface area (Å²) < 4.78 is 16.0. The molecule has 1 N–H and O–H groups in total. The van der Waals surface area contributed by atoms with Gasteiger partial charge in [-0.1, -0.05) is 18.2 Å². The van der Waals surface area contributed by atoms with E-state index in [4.69, 9.17) is 10.1 Å². The zero-order valence-corrected chi connectivity index (χ0v) is 20.4. The summed E-state index contributed by atoms with van der Waals surface area (Å²) in [6.07, 6.45) is 3.76. The number of pyridine rings is 1. The van der Waals surface area contributed by atoms with Crippen LogP contribution < -0.4 is 4.90 Å². The quantitative estimate of drug-likeness (QED) is 0.460. The Morgan fingerprint density at radius 2 is 2.05 bits per heavy atom. The summed E-state index contributed by atoms with van der Waals surface area (Å²) in [6.45, 7) is 3.27. The highest BCUT2D eigenvalue weighted by atomic mass is 19.1. The van der Waals surface area contributed by atoms with Crippen molar-refractivity contribution in [1.29, 1.82) is 5.26 Å². The van der Waals surface area contributed by atoms with E-state index in [0.717, 1.165) is 36.3 Å². The fourth-order valence-corrected chi connectivity index (χ4v) is 5.45. The number of β-amino-alcohol motifs (C(OH)–C–C–N with tert-alkyl or cyclic N) is 1. The summed E-state index contributed by atoms with van der Waals surface area (Å²) in [5.41, 5.74) is 2.65. The number of anilines is 1. The molecule has 9 nitrogen and oxygen atoms in total. The SMILES string of the molecule is Cc1cn2nc(C3CCCCN3C(=O)c3ccc4cccc(F)c4n3)cc2nc1N1CC(O)C(C#N)C1. The minimum atomic E-state index is -0.707. The number of aromatic nitrogens is 4. The molecule has 2 aliphatic heterocycles. The molecule has 0 saturated carbocycles. The molecule has 5 heterocycles. The number of carbonyl (C=O) groups excluding carboxylic acids is 1. The number of rotatable bonds is 3. The van der Waals surface area contributed by atoms with Crippen LogP contribution >= 0.6 is 0 Å². The van der Waals surface area contributed by atoms with Crippen molar-refractivity contribution in [2.75, 3.05) is 24.5 Å². The van der Waals surface area contributed by atoms with Gasteiger partial charge in [0, 0.05) is 42.8 Å². The van der Waals surface area contributed by atoms with Gasteiger partial charge in [0.25, 0.3) is 5.91 Å². The third-order valence-electron chi connectivity index (χ3n) is 7.37. The zero-order valence-electron chi connectivity index (χ0n) is 20.4. The van der Waals surface area contributed by atoms with Gasteiger partial charge in [0.2, 0.25) is 0 Å². The Bertz CT molecular complexity index is 1560. The standard InChI is InChI=1S/C27H26FN7O2/c1-16-13-35-24(31-26(16)33-14-18(12-29)23(36)15-33)11-21(32-35)22-7-2-3-10-34(22)27(37)20-9-8-17-5-4-6-19(28)25(17)30-20/h4-6,8-9,11,13,18,22-23,36H,2-3,7,10,14-15H2,1H3. The second-order valence-electron chi connectivity index (χ2n) is 9.85. The van der Waals surface area contributed by atoms with Crippen molar-refractivity contribution in [3.63, 3.8) is 0 Å². The maximum absolute atomic E-state index is 14.3. The van der Waals surface area contributed by atoms with Crippen molar-refractivity contribution in [2.45, 2.75) is 38.3 Å². The van der Waals surface area contributed by atoms with E-state index in [0.29, 0.717) is 30.7 Å². The molecule has 0 radical (unpaired) electrons. The van der Waals surface area contributed by atoms with Gasteiger partial charge in [0.1, 0.15) is 22.8 Å². The number of aliphatic hydroxyl groups is 1. The molecular weight excluding hydrogens is 473 g/mol. The Kier molecular flexibility index (Phi) is 5.72. The van der Waals surface area contributed by atoms with Crippen LogP contribution in [-0.4, -0.2) is 61.2 Å². The van der Waals surface area contributed by atoms with Crippen molar-refractivity contribution in [3.05, 3.63) is 65.4 Å².